The topological polar surface area (TPSA) is 30.9 Å². The summed E-state index contributed by atoms with van der Waals surface area (Å²) in [6.45, 7) is 4.18. The third-order valence-corrected chi connectivity index (χ3v) is 3.23. The number of aryl methyl sites for hydroxylation is 2. The van der Waals surface area contributed by atoms with Crippen LogP contribution in [-0.4, -0.2) is 4.57 Å². The maximum Gasteiger partial charge on any atom is 0.0479 e. The van der Waals surface area contributed by atoms with E-state index in [9.17, 15) is 0 Å². The van der Waals surface area contributed by atoms with E-state index < -0.39 is 0 Å². The monoisotopic (exact) mass is 264 g/mol. The molecule has 3 heteroatoms. The summed E-state index contributed by atoms with van der Waals surface area (Å²) in [5.74, 6) is 0. The highest BCUT2D eigenvalue weighted by molar-refractivity contribution is 9.10. The number of hydrogen-bond donors (Lipinski definition) is 1. The Morgan fingerprint density at radius 3 is 2.20 bits per heavy atom. The Balaban J connectivity index is 2.59. The molecule has 0 amide bonds. The fourth-order valence-electron chi connectivity index (χ4n) is 1.75. The number of nitrogen functional groups attached to an aromatic ring is 1. The second-order valence-corrected chi connectivity index (χ2v) is 4.51. The third kappa shape index (κ3) is 1.79. The molecule has 1 heterocycles. The van der Waals surface area contributed by atoms with Crippen molar-refractivity contribution >= 4 is 21.6 Å². The zero-order chi connectivity index (χ0) is 11.0. The molecule has 0 bridgehead atoms. The van der Waals surface area contributed by atoms with E-state index in [-0.39, 0.29) is 0 Å². The van der Waals surface area contributed by atoms with Gasteiger partial charge in [-0.1, -0.05) is 0 Å². The molecule has 2 rings (SSSR count). The molecule has 0 aliphatic carbocycles. The molecule has 1 aromatic heterocycles. The predicted molar refractivity (Wildman–Crippen MR) is 67.4 cm³/mol. The molecule has 15 heavy (non-hydrogen) atoms. The highest BCUT2D eigenvalue weighted by atomic mass is 79.9. The van der Waals surface area contributed by atoms with Crippen LogP contribution in [-0.2, 0) is 0 Å². The number of hydrogen-bond acceptors (Lipinski definition) is 1. The maximum absolute atomic E-state index is 5.87. The van der Waals surface area contributed by atoms with Gasteiger partial charge in [0.05, 0.1) is 0 Å². The maximum atomic E-state index is 5.87. The number of halogens is 1. The number of nitrogens with two attached hydrogens (primary N) is 1. The molecule has 0 aliphatic rings. The van der Waals surface area contributed by atoms with Crippen molar-refractivity contribution in [3.63, 3.8) is 0 Å². The number of anilines is 1. The van der Waals surface area contributed by atoms with Gasteiger partial charge in [0, 0.05) is 27.2 Å². The first-order valence-corrected chi connectivity index (χ1v) is 5.59. The standard InChI is InChI=1S/C12H13BrN2/c1-8-3-4-9(2)15(8)10-5-6-11(13)12(14)7-10/h3-7H,14H2,1-2H3. The fourth-order valence-corrected chi connectivity index (χ4v) is 1.99. The summed E-state index contributed by atoms with van der Waals surface area (Å²) in [4.78, 5) is 0. The van der Waals surface area contributed by atoms with Crippen LogP contribution in [0, 0.1) is 13.8 Å². The van der Waals surface area contributed by atoms with Crippen LogP contribution < -0.4 is 5.73 Å². The lowest BCUT2D eigenvalue weighted by atomic mass is 10.2. The van der Waals surface area contributed by atoms with Gasteiger partial charge in [-0.05, 0) is 60.1 Å². The Bertz CT molecular complexity index is 481. The lowest BCUT2D eigenvalue weighted by molar-refractivity contribution is 0.966. The second-order valence-electron chi connectivity index (χ2n) is 3.66. The Morgan fingerprint density at radius 2 is 1.67 bits per heavy atom. The van der Waals surface area contributed by atoms with Gasteiger partial charge in [-0.3, -0.25) is 0 Å². The van der Waals surface area contributed by atoms with Crippen molar-refractivity contribution in [1.82, 2.24) is 4.57 Å². The molecule has 2 nitrogen and oxygen atoms in total. The highest BCUT2D eigenvalue weighted by Gasteiger charge is 2.05. The van der Waals surface area contributed by atoms with E-state index in [1.807, 2.05) is 12.1 Å². The van der Waals surface area contributed by atoms with E-state index in [1.165, 1.54) is 11.4 Å². The molecular weight excluding hydrogens is 252 g/mol. The van der Waals surface area contributed by atoms with E-state index in [4.69, 9.17) is 5.73 Å². The molecule has 2 N–H and O–H groups in total. The first-order valence-electron chi connectivity index (χ1n) is 4.80. The molecule has 78 valence electrons. The Labute approximate surface area is 97.8 Å². The van der Waals surface area contributed by atoms with Crippen LogP contribution in [0.3, 0.4) is 0 Å². The third-order valence-electron chi connectivity index (χ3n) is 2.51. The minimum Gasteiger partial charge on any atom is -0.398 e. The van der Waals surface area contributed by atoms with Crippen molar-refractivity contribution in [2.75, 3.05) is 5.73 Å². The minimum atomic E-state index is 0.764. The number of nitrogens with zero attached hydrogens (tertiary/aromatic N) is 1. The van der Waals surface area contributed by atoms with Crippen molar-refractivity contribution in [2.24, 2.45) is 0 Å². The summed E-state index contributed by atoms with van der Waals surface area (Å²) in [5.41, 5.74) is 10.2. The van der Waals surface area contributed by atoms with Gasteiger partial charge in [0.1, 0.15) is 0 Å². The molecule has 0 fully saturated rings. The normalized spacial score (nSPS) is 10.6. The molecule has 0 spiro atoms. The molecular formula is C12H13BrN2. The molecule has 0 radical (unpaired) electrons. The zero-order valence-electron chi connectivity index (χ0n) is 8.79. The van der Waals surface area contributed by atoms with Gasteiger partial charge in [-0.2, -0.15) is 0 Å². The minimum absolute atomic E-state index is 0.764. The van der Waals surface area contributed by atoms with Gasteiger partial charge < -0.3 is 10.3 Å². The van der Waals surface area contributed by atoms with E-state index in [0.717, 1.165) is 15.8 Å². The van der Waals surface area contributed by atoms with Gasteiger partial charge in [0.25, 0.3) is 0 Å². The lowest BCUT2D eigenvalue weighted by Gasteiger charge is -2.10. The summed E-state index contributed by atoms with van der Waals surface area (Å²) in [6.07, 6.45) is 0. The molecule has 0 aliphatic heterocycles. The summed E-state index contributed by atoms with van der Waals surface area (Å²) in [6, 6.07) is 10.2. The van der Waals surface area contributed by atoms with E-state index in [1.54, 1.807) is 0 Å². The van der Waals surface area contributed by atoms with Crippen LogP contribution in [0.1, 0.15) is 11.4 Å². The van der Waals surface area contributed by atoms with Crippen molar-refractivity contribution in [3.05, 3.63) is 46.2 Å². The predicted octanol–water partition coefficient (Wildman–Crippen LogP) is 3.44. The number of aromatic nitrogens is 1. The average molecular weight is 265 g/mol. The molecule has 0 unspecified atom stereocenters. The van der Waals surface area contributed by atoms with E-state index >= 15 is 0 Å². The Hall–Kier alpha value is -1.22. The van der Waals surface area contributed by atoms with E-state index in [0.29, 0.717) is 0 Å². The molecule has 0 saturated carbocycles. The fraction of sp³-hybridized carbons (Fsp3) is 0.167. The second kappa shape index (κ2) is 3.74. The van der Waals surface area contributed by atoms with Crippen LogP contribution in [0.4, 0.5) is 5.69 Å². The Morgan fingerprint density at radius 1 is 1.07 bits per heavy atom. The average Bonchev–Trinajstić information content (AvgIpc) is 2.52. The summed E-state index contributed by atoms with van der Waals surface area (Å²) in [7, 11) is 0. The van der Waals surface area contributed by atoms with Crippen molar-refractivity contribution in [3.8, 4) is 5.69 Å². The van der Waals surface area contributed by atoms with Crippen LogP contribution in [0.15, 0.2) is 34.8 Å². The van der Waals surface area contributed by atoms with Gasteiger partial charge in [-0.25, -0.2) is 0 Å². The lowest BCUT2D eigenvalue weighted by Crippen LogP contribution is -1.99. The van der Waals surface area contributed by atoms with Crippen molar-refractivity contribution in [2.45, 2.75) is 13.8 Å². The summed E-state index contributed by atoms with van der Waals surface area (Å²) >= 11 is 3.40. The Kier molecular flexibility index (Phi) is 2.57. The highest BCUT2D eigenvalue weighted by Crippen LogP contribution is 2.24. The van der Waals surface area contributed by atoms with Crippen LogP contribution >= 0.6 is 15.9 Å². The largest absolute Gasteiger partial charge is 0.398 e. The van der Waals surface area contributed by atoms with E-state index in [2.05, 4.69) is 52.5 Å². The quantitative estimate of drug-likeness (QED) is 0.787. The molecule has 0 atom stereocenters. The van der Waals surface area contributed by atoms with Crippen LogP contribution in [0.2, 0.25) is 0 Å². The first kappa shape index (κ1) is 10.3. The zero-order valence-corrected chi connectivity index (χ0v) is 10.4. The summed E-state index contributed by atoms with van der Waals surface area (Å²) in [5, 5.41) is 0. The van der Waals surface area contributed by atoms with Crippen molar-refractivity contribution < 1.29 is 0 Å². The number of rotatable bonds is 1. The summed E-state index contributed by atoms with van der Waals surface area (Å²) < 4.78 is 3.12. The molecule has 1 aromatic carbocycles. The van der Waals surface area contributed by atoms with Gasteiger partial charge in [0.2, 0.25) is 0 Å². The molecule has 2 aromatic rings. The smallest absolute Gasteiger partial charge is 0.0479 e. The van der Waals surface area contributed by atoms with Crippen LogP contribution in [0.5, 0.6) is 0 Å². The SMILES string of the molecule is Cc1ccc(C)n1-c1ccc(Br)c(N)c1. The van der Waals surface area contributed by atoms with Gasteiger partial charge in [-0.15, -0.1) is 0 Å². The van der Waals surface area contributed by atoms with Crippen molar-refractivity contribution in [1.29, 1.82) is 0 Å². The first-order chi connectivity index (χ1) is 7.09. The van der Waals surface area contributed by atoms with Gasteiger partial charge >= 0.3 is 0 Å². The molecule has 0 saturated heterocycles. The van der Waals surface area contributed by atoms with Gasteiger partial charge in [0.15, 0.2) is 0 Å². The number of benzene rings is 1. The van der Waals surface area contributed by atoms with Crippen LogP contribution in [0.25, 0.3) is 5.69 Å².